The fourth-order valence-corrected chi connectivity index (χ4v) is 1.93. The number of nitrogens with two attached hydrogens (primary N) is 1. The number of hydrogen-bond donors (Lipinski definition) is 2. The Kier molecular flexibility index (Phi) is 4.16. The number of likely N-dealkylation sites (tertiary alicyclic amines) is 1. The third-order valence-electron chi connectivity index (χ3n) is 2.90. The van der Waals surface area contributed by atoms with Crippen LogP contribution in [0.4, 0.5) is 0 Å². The lowest BCUT2D eigenvalue weighted by Gasteiger charge is -2.36. The maximum Gasteiger partial charge on any atom is 0.228 e. The molecule has 3 N–H and O–H groups in total. The molecule has 2 aliphatic heterocycles. The number of nitrogens with zero attached hydrogens (tertiary/aromatic N) is 1. The van der Waals surface area contributed by atoms with Crippen LogP contribution in [0, 0.1) is 5.92 Å². The van der Waals surface area contributed by atoms with Gasteiger partial charge < -0.3 is 16.0 Å². The van der Waals surface area contributed by atoms with Crippen LogP contribution in [0.3, 0.4) is 0 Å². The summed E-state index contributed by atoms with van der Waals surface area (Å²) < 4.78 is 0. The zero-order chi connectivity index (χ0) is 9.26. The predicted octanol–water partition coefficient (Wildman–Crippen LogP) is -0.423. The first-order chi connectivity index (χ1) is 6.27. The number of carbonyl (C=O) groups excluding carboxylic acids is 1. The Bertz CT molecular complexity index is 208. The highest BCUT2D eigenvalue weighted by Crippen LogP contribution is 2.14. The maximum absolute atomic E-state index is 11.8. The van der Waals surface area contributed by atoms with Crippen molar-refractivity contribution in [1.82, 2.24) is 10.2 Å². The summed E-state index contributed by atoms with van der Waals surface area (Å²) in [4.78, 5) is 13.7. The van der Waals surface area contributed by atoms with Crippen molar-refractivity contribution in [3.05, 3.63) is 0 Å². The van der Waals surface area contributed by atoms with Crippen LogP contribution in [-0.2, 0) is 4.79 Å². The Hall–Kier alpha value is -0.320. The molecule has 2 aliphatic rings. The van der Waals surface area contributed by atoms with Gasteiger partial charge in [0.05, 0.1) is 5.92 Å². The fourth-order valence-electron chi connectivity index (χ4n) is 1.93. The van der Waals surface area contributed by atoms with E-state index >= 15 is 0 Å². The highest BCUT2D eigenvalue weighted by atomic mass is 35.5. The van der Waals surface area contributed by atoms with Gasteiger partial charge in [-0.2, -0.15) is 0 Å². The molecule has 14 heavy (non-hydrogen) atoms. The summed E-state index contributed by atoms with van der Waals surface area (Å²) in [6, 6.07) is 0.200. The van der Waals surface area contributed by atoms with Crippen molar-refractivity contribution in [3.8, 4) is 0 Å². The van der Waals surface area contributed by atoms with Crippen LogP contribution in [0.1, 0.15) is 12.8 Å². The predicted molar refractivity (Wildman–Crippen MR) is 57.4 cm³/mol. The van der Waals surface area contributed by atoms with E-state index in [9.17, 15) is 4.79 Å². The quantitative estimate of drug-likeness (QED) is 0.630. The topological polar surface area (TPSA) is 58.4 Å². The molecule has 0 aliphatic carbocycles. The first-order valence-electron chi connectivity index (χ1n) is 5.02. The van der Waals surface area contributed by atoms with Crippen LogP contribution in [0.25, 0.3) is 0 Å². The molecule has 0 radical (unpaired) electrons. The number of amides is 1. The second kappa shape index (κ2) is 4.96. The monoisotopic (exact) mass is 219 g/mol. The molecule has 0 saturated carbocycles. The third kappa shape index (κ3) is 2.38. The Morgan fingerprint density at radius 3 is 2.64 bits per heavy atom. The van der Waals surface area contributed by atoms with Gasteiger partial charge in [0.1, 0.15) is 0 Å². The minimum atomic E-state index is 0. The molecule has 2 fully saturated rings. The summed E-state index contributed by atoms with van der Waals surface area (Å²) in [5.74, 6) is 0.527. The van der Waals surface area contributed by atoms with Crippen molar-refractivity contribution in [2.24, 2.45) is 11.7 Å². The van der Waals surface area contributed by atoms with E-state index < -0.39 is 0 Å². The van der Waals surface area contributed by atoms with Gasteiger partial charge in [-0.25, -0.2) is 0 Å². The molecule has 0 aromatic rings. The molecule has 2 rings (SSSR count). The number of hydrogen-bond acceptors (Lipinski definition) is 3. The molecule has 2 saturated heterocycles. The zero-order valence-electron chi connectivity index (χ0n) is 8.24. The van der Waals surface area contributed by atoms with E-state index in [1.54, 1.807) is 0 Å². The van der Waals surface area contributed by atoms with Crippen molar-refractivity contribution in [3.63, 3.8) is 0 Å². The number of carbonyl (C=O) groups is 1. The molecule has 1 amide bonds. The average molecular weight is 220 g/mol. The molecule has 2 heterocycles. The third-order valence-corrected chi connectivity index (χ3v) is 2.90. The Labute approximate surface area is 90.6 Å². The van der Waals surface area contributed by atoms with Gasteiger partial charge in [0.15, 0.2) is 0 Å². The van der Waals surface area contributed by atoms with E-state index in [0.717, 1.165) is 39.0 Å². The van der Waals surface area contributed by atoms with Gasteiger partial charge in [-0.05, 0) is 12.8 Å². The second-order valence-corrected chi connectivity index (χ2v) is 4.04. The molecular weight excluding hydrogens is 202 g/mol. The molecule has 0 spiro atoms. The van der Waals surface area contributed by atoms with Crippen LogP contribution in [0.2, 0.25) is 0 Å². The van der Waals surface area contributed by atoms with E-state index in [1.165, 1.54) is 0 Å². The number of piperidine rings is 1. The van der Waals surface area contributed by atoms with Gasteiger partial charge >= 0.3 is 0 Å². The summed E-state index contributed by atoms with van der Waals surface area (Å²) in [6.45, 7) is 3.37. The van der Waals surface area contributed by atoms with Crippen LogP contribution in [0.5, 0.6) is 0 Å². The van der Waals surface area contributed by atoms with E-state index in [-0.39, 0.29) is 24.4 Å². The molecule has 0 aromatic heterocycles. The lowest BCUT2D eigenvalue weighted by molar-refractivity contribution is -0.138. The first kappa shape index (κ1) is 11.8. The summed E-state index contributed by atoms with van der Waals surface area (Å²) >= 11 is 0. The number of nitrogens with one attached hydrogen (secondary N) is 1. The number of halogens is 1. The SMILES string of the molecule is Cl.NC1CCCN(C(=O)C2CNC2)C1. The van der Waals surface area contributed by atoms with Crippen molar-refractivity contribution < 1.29 is 4.79 Å². The van der Waals surface area contributed by atoms with Crippen molar-refractivity contribution in [2.45, 2.75) is 18.9 Å². The van der Waals surface area contributed by atoms with Crippen LogP contribution in [0.15, 0.2) is 0 Å². The van der Waals surface area contributed by atoms with Crippen LogP contribution >= 0.6 is 12.4 Å². The van der Waals surface area contributed by atoms with Gasteiger partial charge in [0.25, 0.3) is 0 Å². The van der Waals surface area contributed by atoms with Crippen molar-refractivity contribution >= 4 is 18.3 Å². The lowest BCUT2D eigenvalue weighted by atomic mass is 9.99. The van der Waals surface area contributed by atoms with Crippen LogP contribution in [-0.4, -0.2) is 43.0 Å². The highest BCUT2D eigenvalue weighted by molar-refractivity contribution is 5.85. The Balaban J connectivity index is 0.000000980. The molecule has 0 aromatic carbocycles. The lowest BCUT2D eigenvalue weighted by Crippen LogP contribution is -2.55. The molecular formula is C9H18ClN3O. The molecule has 82 valence electrons. The largest absolute Gasteiger partial charge is 0.341 e. The minimum absolute atomic E-state index is 0. The van der Waals surface area contributed by atoms with E-state index in [2.05, 4.69) is 5.32 Å². The fraction of sp³-hybridized carbons (Fsp3) is 0.889. The molecule has 0 bridgehead atoms. The summed E-state index contributed by atoms with van der Waals surface area (Å²) in [5, 5.41) is 3.11. The van der Waals surface area contributed by atoms with Gasteiger partial charge in [0.2, 0.25) is 5.91 Å². The molecule has 5 heteroatoms. The van der Waals surface area contributed by atoms with Crippen molar-refractivity contribution in [1.29, 1.82) is 0 Å². The van der Waals surface area contributed by atoms with Crippen molar-refractivity contribution in [2.75, 3.05) is 26.2 Å². The highest BCUT2D eigenvalue weighted by Gasteiger charge is 2.31. The van der Waals surface area contributed by atoms with Gasteiger partial charge in [0, 0.05) is 32.2 Å². The molecule has 1 unspecified atom stereocenters. The van der Waals surface area contributed by atoms with Gasteiger partial charge in [-0.3, -0.25) is 4.79 Å². The molecule has 1 atom stereocenters. The second-order valence-electron chi connectivity index (χ2n) is 4.04. The zero-order valence-corrected chi connectivity index (χ0v) is 9.05. The van der Waals surface area contributed by atoms with Gasteiger partial charge in [-0.15, -0.1) is 12.4 Å². The maximum atomic E-state index is 11.8. The summed E-state index contributed by atoms with van der Waals surface area (Å²) in [5.41, 5.74) is 5.81. The van der Waals surface area contributed by atoms with Crippen LogP contribution < -0.4 is 11.1 Å². The first-order valence-corrected chi connectivity index (χ1v) is 5.02. The summed E-state index contributed by atoms with van der Waals surface area (Å²) in [7, 11) is 0. The smallest absolute Gasteiger partial charge is 0.228 e. The number of rotatable bonds is 1. The van der Waals surface area contributed by atoms with E-state index in [1.807, 2.05) is 4.90 Å². The molecule has 4 nitrogen and oxygen atoms in total. The van der Waals surface area contributed by atoms with Gasteiger partial charge in [-0.1, -0.05) is 0 Å². The Morgan fingerprint density at radius 1 is 1.43 bits per heavy atom. The summed E-state index contributed by atoms with van der Waals surface area (Å²) in [6.07, 6.45) is 2.12. The normalized spacial score (nSPS) is 27.8. The van der Waals surface area contributed by atoms with E-state index in [0.29, 0.717) is 5.91 Å². The Morgan fingerprint density at radius 2 is 2.14 bits per heavy atom. The average Bonchev–Trinajstić information content (AvgIpc) is 2.01. The minimum Gasteiger partial charge on any atom is -0.341 e. The standard InChI is InChI=1S/C9H17N3O.ClH/c10-8-2-1-3-12(6-8)9(13)7-4-11-5-7;/h7-8,11H,1-6,10H2;1H. The van der Waals surface area contributed by atoms with E-state index in [4.69, 9.17) is 5.73 Å².